The summed E-state index contributed by atoms with van der Waals surface area (Å²) in [5.74, 6) is 6.93. The van der Waals surface area contributed by atoms with E-state index >= 15 is 0 Å². The molecule has 0 aliphatic heterocycles. The van der Waals surface area contributed by atoms with Crippen molar-refractivity contribution < 1.29 is 0 Å². The van der Waals surface area contributed by atoms with Gasteiger partial charge in [-0.2, -0.15) is 0 Å². The number of hydrogen-bond acceptors (Lipinski definition) is 0. The number of fused-ring (bicyclic) bond motifs is 1. The number of rotatable bonds is 3. The molecule has 34 heavy (non-hydrogen) atoms. The Labute approximate surface area is 217 Å². The van der Waals surface area contributed by atoms with Crippen LogP contribution in [0, 0.1) is 11.8 Å². The molecule has 162 valence electrons. The Morgan fingerprint density at radius 1 is 0.559 bits per heavy atom. The van der Waals surface area contributed by atoms with Crippen LogP contribution in [0.25, 0.3) is 39.1 Å². The average Bonchev–Trinajstić information content (AvgIpc) is 2.88. The quantitative estimate of drug-likeness (QED) is 0.192. The smallest absolute Gasteiger partial charge is 0.0610 e. The van der Waals surface area contributed by atoms with Gasteiger partial charge in [0.05, 0.1) is 3.39 Å². The van der Waals surface area contributed by atoms with Crippen LogP contribution in [0.4, 0.5) is 0 Å². The summed E-state index contributed by atoms with van der Waals surface area (Å²) in [4.78, 5) is 0. The van der Waals surface area contributed by atoms with E-state index in [-0.39, 0.29) is 0 Å². The second-order valence-electron chi connectivity index (χ2n) is 7.93. The van der Waals surface area contributed by atoms with E-state index in [0.29, 0.717) is 0 Å². The molecule has 0 bridgehead atoms. The Morgan fingerprint density at radius 3 is 1.79 bits per heavy atom. The Balaban J connectivity index is 1.74. The highest BCUT2D eigenvalue weighted by Gasteiger charge is 2.12. The number of benzene rings is 5. The van der Waals surface area contributed by atoms with Crippen LogP contribution in [-0.2, 0) is 0 Å². The van der Waals surface area contributed by atoms with E-state index in [4.69, 9.17) is 0 Å². The highest BCUT2D eigenvalue weighted by atomic mass is 79.9. The van der Waals surface area contributed by atoms with E-state index < -0.39 is 0 Å². The highest BCUT2D eigenvalue weighted by Crippen LogP contribution is 2.36. The SMILES string of the molecule is BrC(Br)=Cc1cc(-c2ccccc2)c(-c2ccccc2)cc1C#Cc1cccc2ccccc12. The molecule has 0 aromatic heterocycles. The van der Waals surface area contributed by atoms with Crippen LogP contribution in [0.3, 0.4) is 0 Å². The first-order valence-electron chi connectivity index (χ1n) is 11.0. The lowest BCUT2D eigenvalue weighted by atomic mass is 9.90. The molecule has 5 rings (SSSR count). The molecular formula is C32H20Br2. The first kappa shape index (κ1) is 22.4. The molecular weight excluding hydrogens is 544 g/mol. The summed E-state index contributed by atoms with van der Waals surface area (Å²) >= 11 is 7.10. The topological polar surface area (TPSA) is 0 Å². The maximum absolute atomic E-state index is 3.55. The molecule has 0 spiro atoms. The van der Waals surface area contributed by atoms with Gasteiger partial charge < -0.3 is 0 Å². The normalized spacial score (nSPS) is 10.4. The average molecular weight is 564 g/mol. The largest absolute Gasteiger partial charge is 0.0622 e. The van der Waals surface area contributed by atoms with Gasteiger partial charge in [-0.05, 0) is 94.7 Å². The fourth-order valence-corrected chi connectivity index (χ4v) is 4.64. The minimum atomic E-state index is 0.875. The molecule has 0 heterocycles. The van der Waals surface area contributed by atoms with Crippen molar-refractivity contribution >= 4 is 48.7 Å². The molecule has 5 aromatic carbocycles. The highest BCUT2D eigenvalue weighted by molar-refractivity contribution is 9.28. The van der Waals surface area contributed by atoms with Crippen molar-refractivity contribution in [2.75, 3.05) is 0 Å². The third kappa shape index (κ3) is 4.92. The summed E-state index contributed by atoms with van der Waals surface area (Å²) in [6, 6.07) is 40.1. The summed E-state index contributed by atoms with van der Waals surface area (Å²) in [6.07, 6.45) is 2.06. The first-order valence-corrected chi connectivity index (χ1v) is 12.6. The molecule has 2 heteroatoms. The summed E-state index contributed by atoms with van der Waals surface area (Å²) in [5, 5.41) is 2.36. The van der Waals surface area contributed by atoms with Crippen LogP contribution in [0.5, 0.6) is 0 Å². The van der Waals surface area contributed by atoms with Crippen LogP contribution in [0.1, 0.15) is 16.7 Å². The maximum Gasteiger partial charge on any atom is 0.0610 e. The van der Waals surface area contributed by atoms with Gasteiger partial charge in [-0.3, -0.25) is 0 Å². The zero-order valence-electron chi connectivity index (χ0n) is 18.3. The van der Waals surface area contributed by atoms with Crippen LogP contribution >= 0.6 is 31.9 Å². The molecule has 0 radical (unpaired) electrons. The summed E-state index contributed by atoms with van der Waals surface area (Å²) in [6.45, 7) is 0. The standard InChI is InChI=1S/C32H20Br2/c33-32(34)22-28-21-31(25-12-5-2-6-13-25)30(24-10-3-1-4-11-24)20-27(28)19-18-26-16-9-15-23-14-7-8-17-29(23)26/h1-17,20-22H. The van der Waals surface area contributed by atoms with E-state index in [9.17, 15) is 0 Å². The van der Waals surface area contributed by atoms with Crippen molar-refractivity contribution in [3.63, 3.8) is 0 Å². The maximum atomic E-state index is 3.55. The summed E-state index contributed by atoms with van der Waals surface area (Å²) < 4.78 is 0.875. The fraction of sp³-hybridized carbons (Fsp3) is 0. The van der Waals surface area contributed by atoms with Crippen molar-refractivity contribution in [3.8, 4) is 34.1 Å². The van der Waals surface area contributed by atoms with Crippen molar-refractivity contribution in [1.82, 2.24) is 0 Å². The minimum Gasteiger partial charge on any atom is -0.0622 e. The van der Waals surface area contributed by atoms with Crippen LogP contribution in [0.2, 0.25) is 0 Å². The van der Waals surface area contributed by atoms with Crippen LogP contribution < -0.4 is 0 Å². The summed E-state index contributed by atoms with van der Waals surface area (Å²) in [5.41, 5.74) is 7.74. The molecule has 5 aromatic rings. The molecule has 0 atom stereocenters. The molecule has 0 aliphatic rings. The van der Waals surface area contributed by atoms with Gasteiger partial charge in [-0.25, -0.2) is 0 Å². The van der Waals surface area contributed by atoms with Crippen molar-refractivity contribution in [2.45, 2.75) is 0 Å². The minimum absolute atomic E-state index is 0.875. The molecule has 0 amide bonds. The van der Waals surface area contributed by atoms with Gasteiger partial charge >= 0.3 is 0 Å². The molecule has 0 aliphatic carbocycles. The van der Waals surface area contributed by atoms with Gasteiger partial charge in [0.2, 0.25) is 0 Å². The molecule has 0 saturated carbocycles. The Bertz CT molecular complexity index is 1540. The van der Waals surface area contributed by atoms with Crippen molar-refractivity contribution in [3.05, 3.63) is 135 Å². The number of hydrogen-bond donors (Lipinski definition) is 0. The second kappa shape index (κ2) is 10.3. The van der Waals surface area contributed by atoms with Gasteiger partial charge in [0.15, 0.2) is 0 Å². The van der Waals surface area contributed by atoms with Gasteiger partial charge in [-0.1, -0.05) is 109 Å². The fourth-order valence-electron chi connectivity index (χ4n) is 4.14. The summed E-state index contributed by atoms with van der Waals surface area (Å²) in [7, 11) is 0. The molecule has 0 unspecified atom stereocenters. The van der Waals surface area contributed by atoms with Gasteiger partial charge in [0.1, 0.15) is 0 Å². The van der Waals surface area contributed by atoms with E-state index in [1.165, 1.54) is 27.5 Å². The lowest BCUT2D eigenvalue weighted by Gasteiger charge is -2.14. The van der Waals surface area contributed by atoms with E-state index in [2.05, 4.69) is 153 Å². The first-order chi connectivity index (χ1) is 16.7. The monoisotopic (exact) mass is 562 g/mol. The molecule has 0 N–H and O–H groups in total. The van der Waals surface area contributed by atoms with Gasteiger partial charge in [0.25, 0.3) is 0 Å². The Morgan fingerprint density at radius 2 is 1.12 bits per heavy atom. The molecule has 0 saturated heterocycles. The zero-order chi connectivity index (χ0) is 23.3. The predicted molar refractivity (Wildman–Crippen MR) is 153 cm³/mol. The van der Waals surface area contributed by atoms with Gasteiger partial charge in [-0.15, -0.1) is 0 Å². The van der Waals surface area contributed by atoms with Crippen LogP contribution in [-0.4, -0.2) is 0 Å². The van der Waals surface area contributed by atoms with E-state index in [1.807, 2.05) is 12.1 Å². The second-order valence-corrected chi connectivity index (χ2v) is 10.7. The van der Waals surface area contributed by atoms with E-state index in [1.54, 1.807) is 0 Å². The molecule has 0 fully saturated rings. The van der Waals surface area contributed by atoms with Gasteiger partial charge in [0, 0.05) is 11.1 Å². The Kier molecular flexibility index (Phi) is 6.77. The Hall–Kier alpha value is -3.38. The molecule has 0 nitrogen and oxygen atoms in total. The van der Waals surface area contributed by atoms with E-state index in [0.717, 1.165) is 25.6 Å². The number of halogens is 2. The zero-order valence-corrected chi connectivity index (χ0v) is 21.5. The lowest BCUT2D eigenvalue weighted by molar-refractivity contribution is 1.54. The third-order valence-corrected chi connectivity index (χ3v) is 6.20. The predicted octanol–water partition coefficient (Wildman–Crippen LogP) is 9.66. The van der Waals surface area contributed by atoms with Crippen molar-refractivity contribution in [2.24, 2.45) is 0 Å². The third-order valence-electron chi connectivity index (χ3n) is 5.75. The lowest BCUT2D eigenvalue weighted by Crippen LogP contribution is -1.92. The van der Waals surface area contributed by atoms with Crippen molar-refractivity contribution in [1.29, 1.82) is 0 Å². The van der Waals surface area contributed by atoms with Crippen LogP contribution in [0.15, 0.2) is 119 Å².